The van der Waals surface area contributed by atoms with Crippen LogP contribution in [0.15, 0.2) is 18.2 Å². The highest BCUT2D eigenvalue weighted by atomic mass is 16.6. The third kappa shape index (κ3) is 4.53. The van der Waals surface area contributed by atoms with E-state index in [-0.39, 0.29) is 18.0 Å². The molecule has 0 N–H and O–H groups in total. The fourth-order valence-electron chi connectivity index (χ4n) is 5.33. The molecule has 0 aromatic heterocycles. The molecular weight excluding hydrogens is 390 g/mol. The number of carbonyl (C=O) groups is 2. The quantitative estimate of drug-likeness (QED) is 0.699. The van der Waals surface area contributed by atoms with E-state index < -0.39 is 5.60 Å². The van der Waals surface area contributed by atoms with Gasteiger partial charge in [0.1, 0.15) is 5.60 Å². The van der Waals surface area contributed by atoms with Gasteiger partial charge in [0, 0.05) is 50.0 Å². The van der Waals surface area contributed by atoms with Crippen molar-refractivity contribution < 1.29 is 14.3 Å². The van der Waals surface area contributed by atoms with Gasteiger partial charge in [0.25, 0.3) is 0 Å². The van der Waals surface area contributed by atoms with Crippen LogP contribution in [0.1, 0.15) is 59.9 Å². The van der Waals surface area contributed by atoms with E-state index in [1.165, 1.54) is 24.1 Å². The van der Waals surface area contributed by atoms with Gasteiger partial charge in [0.05, 0.1) is 0 Å². The van der Waals surface area contributed by atoms with E-state index in [1.54, 1.807) is 6.92 Å². The average Bonchev–Trinajstić information content (AvgIpc) is 3.49. The summed E-state index contributed by atoms with van der Waals surface area (Å²) in [6.45, 7) is 14.0. The first-order valence-corrected chi connectivity index (χ1v) is 11.7. The van der Waals surface area contributed by atoms with Crippen molar-refractivity contribution in [1.82, 2.24) is 4.90 Å². The maximum atomic E-state index is 12.5. The number of rotatable bonds is 2. The van der Waals surface area contributed by atoms with E-state index in [4.69, 9.17) is 4.74 Å². The first kappa shape index (κ1) is 22.0. The number of nitrogens with zero attached hydrogens (tertiary/aromatic N) is 3. The summed E-state index contributed by atoms with van der Waals surface area (Å²) in [5, 5.41) is 0. The molecule has 0 bridgehead atoms. The van der Waals surface area contributed by atoms with Crippen LogP contribution >= 0.6 is 0 Å². The van der Waals surface area contributed by atoms with Crippen molar-refractivity contribution >= 4 is 23.4 Å². The van der Waals surface area contributed by atoms with Gasteiger partial charge in [-0.15, -0.1) is 0 Å². The highest BCUT2D eigenvalue weighted by Gasteiger charge is 2.43. The van der Waals surface area contributed by atoms with Gasteiger partial charge in [0.2, 0.25) is 5.91 Å². The van der Waals surface area contributed by atoms with Crippen LogP contribution in [0.4, 0.5) is 16.2 Å². The molecule has 4 rings (SSSR count). The highest BCUT2D eigenvalue weighted by molar-refractivity contribution is 5.94. The lowest BCUT2D eigenvalue weighted by Crippen LogP contribution is -2.55. The zero-order valence-electron chi connectivity index (χ0n) is 19.9. The van der Waals surface area contributed by atoms with E-state index >= 15 is 0 Å². The van der Waals surface area contributed by atoms with Gasteiger partial charge >= 0.3 is 6.09 Å². The number of piperazine rings is 1. The van der Waals surface area contributed by atoms with Crippen LogP contribution in [0.3, 0.4) is 0 Å². The summed E-state index contributed by atoms with van der Waals surface area (Å²) in [4.78, 5) is 31.3. The van der Waals surface area contributed by atoms with Crippen LogP contribution in [-0.2, 0) is 16.0 Å². The number of ether oxygens (including phenoxy) is 1. The van der Waals surface area contributed by atoms with Crippen LogP contribution in [0.5, 0.6) is 0 Å². The summed E-state index contributed by atoms with van der Waals surface area (Å²) in [5.41, 5.74) is 3.05. The Morgan fingerprint density at radius 2 is 1.81 bits per heavy atom. The predicted octanol–water partition coefficient (Wildman–Crippen LogP) is 4.46. The molecule has 2 unspecified atom stereocenters. The maximum Gasteiger partial charge on any atom is 0.410 e. The Hall–Kier alpha value is -2.24. The molecule has 31 heavy (non-hydrogen) atoms. The molecule has 1 aromatic rings. The molecule has 6 nitrogen and oxygen atoms in total. The van der Waals surface area contributed by atoms with E-state index in [0.717, 1.165) is 25.2 Å². The Bertz CT molecular complexity index is 858. The number of hydrogen-bond acceptors (Lipinski definition) is 4. The molecule has 1 saturated heterocycles. The second-order valence-corrected chi connectivity index (χ2v) is 10.7. The van der Waals surface area contributed by atoms with Crippen LogP contribution in [0.25, 0.3) is 0 Å². The van der Waals surface area contributed by atoms with Crippen molar-refractivity contribution in [2.75, 3.05) is 29.4 Å². The third-order valence-corrected chi connectivity index (χ3v) is 6.81. The molecule has 2 heterocycles. The first-order chi connectivity index (χ1) is 14.5. The number of amides is 2. The van der Waals surface area contributed by atoms with E-state index in [9.17, 15) is 9.59 Å². The Morgan fingerprint density at radius 3 is 2.39 bits per heavy atom. The number of hydrogen-bond donors (Lipinski definition) is 0. The molecule has 0 spiro atoms. The van der Waals surface area contributed by atoms with Gasteiger partial charge in [-0.05, 0) is 82.6 Å². The molecule has 6 heteroatoms. The number of carbonyl (C=O) groups excluding carboxylic acids is 2. The number of fused-ring (bicyclic) bond motifs is 1. The molecule has 2 amide bonds. The van der Waals surface area contributed by atoms with Crippen LogP contribution in [0.2, 0.25) is 0 Å². The minimum Gasteiger partial charge on any atom is -0.444 e. The summed E-state index contributed by atoms with van der Waals surface area (Å²) in [7, 11) is 0. The molecule has 2 aliphatic heterocycles. The summed E-state index contributed by atoms with van der Waals surface area (Å²) in [6, 6.07) is 6.96. The maximum absolute atomic E-state index is 12.5. The van der Waals surface area contributed by atoms with Crippen molar-refractivity contribution in [3.05, 3.63) is 23.8 Å². The van der Waals surface area contributed by atoms with Gasteiger partial charge < -0.3 is 19.4 Å². The Labute approximate surface area is 186 Å². The summed E-state index contributed by atoms with van der Waals surface area (Å²) in [6.07, 6.45) is 3.27. The lowest BCUT2D eigenvalue weighted by Gasteiger charge is -2.43. The second-order valence-electron chi connectivity index (χ2n) is 10.7. The molecule has 2 fully saturated rings. The van der Waals surface area contributed by atoms with Crippen molar-refractivity contribution in [2.45, 2.75) is 78.5 Å². The van der Waals surface area contributed by atoms with Crippen molar-refractivity contribution in [2.24, 2.45) is 11.8 Å². The fourth-order valence-corrected chi connectivity index (χ4v) is 5.33. The van der Waals surface area contributed by atoms with Gasteiger partial charge in [-0.2, -0.15) is 0 Å². The lowest BCUT2D eigenvalue weighted by molar-refractivity contribution is -0.117. The first-order valence-electron chi connectivity index (χ1n) is 11.7. The summed E-state index contributed by atoms with van der Waals surface area (Å²) < 4.78 is 5.57. The molecular formula is C25H37N3O3. The van der Waals surface area contributed by atoms with E-state index in [2.05, 4.69) is 41.8 Å². The second kappa shape index (κ2) is 8.03. The Morgan fingerprint density at radius 1 is 1.10 bits per heavy atom. The van der Waals surface area contributed by atoms with Gasteiger partial charge in [-0.1, -0.05) is 6.92 Å². The number of anilines is 2. The minimum atomic E-state index is -0.482. The lowest BCUT2D eigenvalue weighted by atomic mass is 9.84. The minimum absolute atomic E-state index is 0.0755. The monoisotopic (exact) mass is 427 g/mol. The summed E-state index contributed by atoms with van der Waals surface area (Å²) in [5.74, 6) is 1.28. The van der Waals surface area contributed by atoms with E-state index in [0.29, 0.717) is 24.4 Å². The third-order valence-electron chi connectivity index (χ3n) is 6.81. The number of benzene rings is 1. The van der Waals surface area contributed by atoms with Gasteiger partial charge in [-0.3, -0.25) is 4.79 Å². The largest absolute Gasteiger partial charge is 0.444 e. The molecule has 1 aliphatic carbocycles. The SMILES string of the molecule is CC(=O)N1c2ccc(N3CCN(C(=O)OC(C)(C)C)C(C)C3)cc2CC(C)[C@@H]1C1CC1. The molecule has 170 valence electrons. The predicted molar refractivity (Wildman–Crippen MR) is 124 cm³/mol. The van der Waals surface area contributed by atoms with Gasteiger partial charge in [0.15, 0.2) is 0 Å². The molecule has 3 aliphatic rings. The average molecular weight is 428 g/mol. The zero-order valence-corrected chi connectivity index (χ0v) is 19.9. The molecule has 1 saturated carbocycles. The van der Waals surface area contributed by atoms with Crippen molar-refractivity contribution in [1.29, 1.82) is 0 Å². The normalized spacial score (nSPS) is 26.5. The summed E-state index contributed by atoms with van der Waals surface area (Å²) >= 11 is 0. The molecule has 1 aromatic carbocycles. The van der Waals surface area contributed by atoms with Crippen molar-refractivity contribution in [3.8, 4) is 0 Å². The molecule has 3 atom stereocenters. The Kier molecular flexibility index (Phi) is 5.69. The van der Waals surface area contributed by atoms with Crippen molar-refractivity contribution in [3.63, 3.8) is 0 Å². The van der Waals surface area contributed by atoms with Gasteiger partial charge in [-0.25, -0.2) is 4.79 Å². The topological polar surface area (TPSA) is 53.1 Å². The van der Waals surface area contributed by atoms with Crippen LogP contribution < -0.4 is 9.80 Å². The van der Waals surface area contributed by atoms with Crippen LogP contribution in [0, 0.1) is 11.8 Å². The highest BCUT2D eigenvalue weighted by Crippen LogP contribution is 2.46. The fraction of sp³-hybridized carbons (Fsp3) is 0.680. The Balaban J connectivity index is 1.50. The standard InChI is InChI=1S/C25H37N3O3/c1-16-13-20-14-21(9-10-22(20)28(18(3)29)23(16)19-7-8-19)26-11-12-27(17(2)15-26)24(30)31-25(4,5)6/h9-10,14,16-17,19,23H,7-8,11-13,15H2,1-6H3/t16?,17?,23-/m1/s1. The molecule has 0 radical (unpaired) electrons. The smallest absolute Gasteiger partial charge is 0.410 e. The van der Waals surface area contributed by atoms with Crippen LogP contribution in [-0.4, -0.2) is 54.2 Å². The van der Waals surface area contributed by atoms with E-state index in [1.807, 2.05) is 25.7 Å². The zero-order chi connectivity index (χ0) is 22.5.